The van der Waals surface area contributed by atoms with Crippen LogP contribution in [0.4, 0.5) is 5.82 Å². The second-order valence-corrected chi connectivity index (χ2v) is 6.77. The highest BCUT2D eigenvalue weighted by Gasteiger charge is 2.19. The number of hydrogen-bond donors (Lipinski definition) is 2. The maximum absolute atomic E-state index is 4.85. The van der Waals surface area contributed by atoms with Crippen LogP contribution < -0.4 is 10.6 Å². The molecule has 3 rings (SSSR count). The summed E-state index contributed by atoms with van der Waals surface area (Å²) in [7, 11) is 4.29. The molecule has 2 N–H and O–H groups in total. The van der Waals surface area contributed by atoms with Gasteiger partial charge in [0.05, 0.1) is 5.69 Å². The van der Waals surface area contributed by atoms with E-state index in [1.807, 2.05) is 12.1 Å². The molecule has 3 heterocycles. The Morgan fingerprint density at radius 2 is 2.04 bits per heavy atom. The normalized spacial score (nSPS) is 15.0. The largest absolute Gasteiger partial charge is 0.368 e. The van der Waals surface area contributed by atoms with Crippen molar-refractivity contribution in [2.24, 2.45) is 0 Å². The predicted octanol–water partition coefficient (Wildman–Crippen LogP) is 2.33. The van der Waals surface area contributed by atoms with Gasteiger partial charge in [0, 0.05) is 42.7 Å². The molecule has 0 bridgehead atoms. The average Bonchev–Trinajstić information content (AvgIpc) is 2.65. The van der Waals surface area contributed by atoms with Crippen LogP contribution in [-0.4, -0.2) is 53.1 Å². The zero-order valence-electron chi connectivity index (χ0n) is 15.4. The Labute approximate surface area is 150 Å². The molecule has 0 unspecified atom stereocenters. The molecule has 1 aliphatic heterocycles. The number of nitrogens with zero attached hydrogens (tertiary/aromatic N) is 4. The van der Waals surface area contributed by atoms with Crippen molar-refractivity contribution < 1.29 is 0 Å². The topological polar surface area (TPSA) is 66.0 Å². The van der Waals surface area contributed by atoms with Crippen LogP contribution in [0.1, 0.15) is 31.0 Å². The van der Waals surface area contributed by atoms with Crippen molar-refractivity contribution in [3.8, 4) is 11.4 Å². The lowest BCUT2D eigenvalue weighted by Gasteiger charge is -2.26. The van der Waals surface area contributed by atoms with Crippen molar-refractivity contribution in [3.63, 3.8) is 0 Å². The first-order chi connectivity index (χ1) is 12.2. The Kier molecular flexibility index (Phi) is 5.94. The van der Waals surface area contributed by atoms with Crippen molar-refractivity contribution in [2.75, 3.05) is 32.5 Å². The van der Waals surface area contributed by atoms with Crippen molar-refractivity contribution in [1.29, 1.82) is 0 Å². The SMILES string of the molecule is CCC[C@@H](CNc1nc(-c2ccncc2)nc2c1CCNC2)N(C)C. The summed E-state index contributed by atoms with van der Waals surface area (Å²) >= 11 is 0. The predicted molar refractivity (Wildman–Crippen MR) is 102 cm³/mol. The molecule has 6 nitrogen and oxygen atoms in total. The first kappa shape index (κ1) is 17.8. The highest BCUT2D eigenvalue weighted by Crippen LogP contribution is 2.24. The highest BCUT2D eigenvalue weighted by molar-refractivity contribution is 5.59. The molecule has 6 heteroatoms. The standard InChI is InChI=1S/C19H28N6/c1-4-5-15(25(2)3)12-22-19-16-8-11-21-13-17(16)23-18(24-19)14-6-9-20-10-7-14/h6-7,9-10,15,21H,4-5,8,11-13H2,1-3H3,(H,22,23,24)/t15-/m0/s1. The van der Waals surface area contributed by atoms with Gasteiger partial charge < -0.3 is 15.5 Å². The Morgan fingerprint density at radius 3 is 2.76 bits per heavy atom. The quantitative estimate of drug-likeness (QED) is 0.806. The summed E-state index contributed by atoms with van der Waals surface area (Å²) in [6, 6.07) is 4.42. The van der Waals surface area contributed by atoms with Gasteiger partial charge in [-0.15, -0.1) is 0 Å². The minimum atomic E-state index is 0.502. The molecular weight excluding hydrogens is 312 g/mol. The Bertz CT molecular complexity index is 686. The molecule has 134 valence electrons. The van der Waals surface area contributed by atoms with E-state index in [1.54, 1.807) is 12.4 Å². The fourth-order valence-electron chi connectivity index (χ4n) is 3.23. The Balaban J connectivity index is 1.88. The Hall–Kier alpha value is -2.05. The molecule has 1 aliphatic rings. The van der Waals surface area contributed by atoms with Crippen molar-refractivity contribution in [2.45, 2.75) is 38.8 Å². The number of anilines is 1. The van der Waals surface area contributed by atoms with Gasteiger partial charge in [0.25, 0.3) is 0 Å². The lowest BCUT2D eigenvalue weighted by atomic mass is 10.1. The van der Waals surface area contributed by atoms with Crippen LogP contribution in [0.5, 0.6) is 0 Å². The number of pyridine rings is 1. The fraction of sp³-hybridized carbons (Fsp3) is 0.526. The monoisotopic (exact) mass is 340 g/mol. The van der Waals surface area contributed by atoms with E-state index in [9.17, 15) is 0 Å². The molecule has 25 heavy (non-hydrogen) atoms. The molecule has 1 atom stereocenters. The molecule has 0 aromatic carbocycles. The molecule has 0 amide bonds. The molecule has 0 spiro atoms. The van der Waals surface area contributed by atoms with E-state index in [-0.39, 0.29) is 0 Å². The summed E-state index contributed by atoms with van der Waals surface area (Å²) in [5.74, 6) is 1.76. The number of rotatable bonds is 7. The second-order valence-electron chi connectivity index (χ2n) is 6.77. The van der Waals surface area contributed by atoms with E-state index in [1.165, 1.54) is 18.4 Å². The third-order valence-electron chi connectivity index (χ3n) is 4.73. The van der Waals surface area contributed by atoms with Gasteiger partial charge in [-0.2, -0.15) is 0 Å². The lowest BCUT2D eigenvalue weighted by molar-refractivity contribution is 0.288. The molecule has 0 radical (unpaired) electrons. The van der Waals surface area contributed by atoms with E-state index in [4.69, 9.17) is 9.97 Å². The molecule has 2 aromatic heterocycles. The smallest absolute Gasteiger partial charge is 0.161 e. The van der Waals surface area contributed by atoms with E-state index in [0.717, 1.165) is 49.0 Å². The molecule has 0 aliphatic carbocycles. The number of aromatic nitrogens is 3. The first-order valence-electron chi connectivity index (χ1n) is 9.10. The van der Waals surface area contributed by atoms with Gasteiger partial charge in [0.2, 0.25) is 0 Å². The van der Waals surface area contributed by atoms with E-state index >= 15 is 0 Å². The first-order valence-corrected chi connectivity index (χ1v) is 9.10. The lowest BCUT2D eigenvalue weighted by Crippen LogP contribution is -2.35. The molecule has 2 aromatic rings. The fourth-order valence-corrected chi connectivity index (χ4v) is 3.23. The maximum Gasteiger partial charge on any atom is 0.161 e. The summed E-state index contributed by atoms with van der Waals surface area (Å²) in [6.45, 7) is 4.91. The van der Waals surface area contributed by atoms with Gasteiger partial charge in [0.1, 0.15) is 5.82 Å². The summed E-state index contributed by atoms with van der Waals surface area (Å²) in [5, 5.41) is 7.02. The highest BCUT2D eigenvalue weighted by atomic mass is 15.1. The Morgan fingerprint density at radius 1 is 1.24 bits per heavy atom. The van der Waals surface area contributed by atoms with Gasteiger partial charge >= 0.3 is 0 Å². The van der Waals surface area contributed by atoms with E-state index in [2.05, 4.69) is 41.5 Å². The van der Waals surface area contributed by atoms with Crippen molar-refractivity contribution in [1.82, 2.24) is 25.2 Å². The third-order valence-corrected chi connectivity index (χ3v) is 4.73. The van der Waals surface area contributed by atoms with Gasteiger partial charge in [0.15, 0.2) is 5.82 Å². The number of hydrogen-bond acceptors (Lipinski definition) is 6. The van der Waals surface area contributed by atoms with Gasteiger partial charge in [-0.05, 0) is 45.6 Å². The summed E-state index contributed by atoms with van der Waals surface area (Å²) in [4.78, 5) is 16.0. The minimum absolute atomic E-state index is 0.502. The van der Waals surface area contributed by atoms with Crippen LogP contribution in [0.2, 0.25) is 0 Å². The zero-order valence-corrected chi connectivity index (χ0v) is 15.4. The van der Waals surface area contributed by atoms with Gasteiger partial charge in [-0.1, -0.05) is 13.3 Å². The molecule has 0 saturated carbocycles. The van der Waals surface area contributed by atoms with E-state index < -0.39 is 0 Å². The average molecular weight is 340 g/mol. The van der Waals surface area contributed by atoms with Crippen LogP contribution >= 0.6 is 0 Å². The molecule has 0 fully saturated rings. The van der Waals surface area contributed by atoms with Gasteiger partial charge in [-0.25, -0.2) is 9.97 Å². The van der Waals surface area contributed by atoms with Crippen LogP contribution in [0.3, 0.4) is 0 Å². The van der Waals surface area contributed by atoms with Crippen LogP contribution in [0, 0.1) is 0 Å². The third kappa shape index (κ3) is 4.32. The number of likely N-dealkylation sites (N-methyl/N-ethyl adjacent to an activating group) is 1. The summed E-state index contributed by atoms with van der Waals surface area (Å²) < 4.78 is 0. The second kappa shape index (κ2) is 8.36. The summed E-state index contributed by atoms with van der Waals surface area (Å²) in [5.41, 5.74) is 3.36. The van der Waals surface area contributed by atoms with Crippen molar-refractivity contribution in [3.05, 3.63) is 35.8 Å². The number of fused-ring (bicyclic) bond motifs is 1. The maximum atomic E-state index is 4.85. The number of nitrogens with one attached hydrogen (secondary N) is 2. The minimum Gasteiger partial charge on any atom is -0.368 e. The van der Waals surface area contributed by atoms with Gasteiger partial charge in [-0.3, -0.25) is 4.98 Å². The van der Waals surface area contributed by atoms with Crippen molar-refractivity contribution >= 4 is 5.82 Å². The molecular formula is C19H28N6. The van der Waals surface area contributed by atoms with Crippen LogP contribution in [0.15, 0.2) is 24.5 Å². The van der Waals surface area contributed by atoms with E-state index in [0.29, 0.717) is 6.04 Å². The summed E-state index contributed by atoms with van der Waals surface area (Å²) in [6.07, 6.45) is 6.89. The van der Waals surface area contributed by atoms with Crippen LogP contribution in [-0.2, 0) is 13.0 Å². The zero-order chi connectivity index (χ0) is 17.6. The van der Waals surface area contributed by atoms with Crippen LogP contribution in [0.25, 0.3) is 11.4 Å². The molecule has 0 saturated heterocycles.